The van der Waals surface area contributed by atoms with E-state index >= 15 is 0 Å². The van der Waals surface area contributed by atoms with Crippen LogP contribution in [-0.4, -0.2) is 36.3 Å². The lowest BCUT2D eigenvalue weighted by atomic mass is 10.2. The Kier molecular flexibility index (Phi) is 8.47. The molecular formula is C16H25N3OS. The zero-order valence-electron chi connectivity index (χ0n) is 13.0. The molecule has 1 aromatic carbocycles. The fraction of sp³-hybridized carbons (Fsp3) is 0.438. The summed E-state index contributed by atoms with van der Waals surface area (Å²) in [5.74, 6) is 0.321. The van der Waals surface area contributed by atoms with E-state index in [1.807, 2.05) is 24.4 Å². The zero-order valence-corrected chi connectivity index (χ0v) is 13.9. The summed E-state index contributed by atoms with van der Waals surface area (Å²) in [6.45, 7) is 10.2. The summed E-state index contributed by atoms with van der Waals surface area (Å²) in [6.07, 6.45) is 1.81. The van der Waals surface area contributed by atoms with Gasteiger partial charge in [-0.2, -0.15) is 0 Å². The first-order valence-corrected chi connectivity index (χ1v) is 8.16. The highest BCUT2D eigenvalue weighted by Crippen LogP contribution is 2.17. The van der Waals surface area contributed by atoms with Gasteiger partial charge in [-0.3, -0.25) is 4.98 Å². The lowest BCUT2D eigenvalue weighted by Gasteiger charge is -2.23. The number of thiazole rings is 1. The first-order valence-electron chi connectivity index (χ1n) is 7.28. The maximum Gasteiger partial charge on any atom is 0.115 e. The largest absolute Gasteiger partial charge is 0.508 e. The van der Waals surface area contributed by atoms with Gasteiger partial charge in [0.1, 0.15) is 5.75 Å². The van der Waals surface area contributed by atoms with Gasteiger partial charge >= 0.3 is 0 Å². The molecule has 0 aliphatic carbocycles. The van der Waals surface area contributed by atoms with E-state index in [-0.39, 0.29) is 0 Å². The Balaban J connectivity index is 0.000000304. The zero-order chi connectivity index (χ0) is 15.5. The first-order chi connectivity index (χ1) is 10.2. The van der Waals surface area contributed by atoms with Gasteiger partial charge in [0.2, 0.25) is 0 Å². The summed E-state index contributed by atoms with van der Waals surface area (Å²) in [6, 6.07) is 7.35. The van der Waals surface area contributed by atoms with Crippen molar-refractivity contribution >= 4 is 17.0 Å². The third-order valence-corrected chi connectivity index (χ3v) is 3.67. The topological polar surface area (TPSA) is 48.4 Å². The number of rotatable bonds is 6. The number of phenols is 1. The van der Waals surface area contributed by atoms with Gasteiger partial charge in [-0.1, -0.05) is 6.92 Å². The molecular weight excluding hydrogens is 282 g/mol. The quantitative estimate of drug-likeness (QED) is 0.804. The molecule has 0 aliphatic rings. The van der Waals surface area contributed by atoms with Crippen LogP contribution in [0.5, 0.6) is 5.75 Å². The minimum absolute atomic E-state index is 0.321. The molecule has 1 heterocycles. The van der Waals surface area contributed by atoms with Gasteiger partial charge in [-0.15, -0.1) is 11.3 Å². The lowest BCUT2D eigenvalue weighted by Crippen LogP contribution is -2.31. The average molecular weight is 307 g/mol. The lowest BCUT2D eigenvalue weighted by molar-refractivity contribution is 0.475. The van der Waals surface area contributed by atoms with Crippen LogP contribution in [0, 0.1) is 6.92 Å². The summed E-state index contributed by atoms with van der Waals surface area (Å²) < 4.78 is 0. The van der Waals surface area contributed by atoms with E-state index in [0.717, 1.165) is 36.9 Å². The van der Waals surface area contributed by atoms with E-state index < -0.39 is 0 Å². The first kappa shape index (κ1) is 17.5. The number of hydrogen-bond donors (Lipinski definition) is 2. The van der Waals surface area contributed by atoms with Crippen LogP contribution in [0.4, 0.5) is 5.69 Å². The van der Waals surface area contributed by atoms with Crippen LogP contribution in [0.2, 0.25) is 0 Å². The Labute approximate surface area is 131 Å². The maximum atomic E-state index is 9.19. The number of benzene rings is 1. The van der Waals surface area contributed by atoms with Crippen molar-refractivity contribution in [1.82, 2.24) is 10.3 Å². The van der Waals surface area contributed by atoms with Crippen LogP contribution in [0.3, 0.4) is 0 Å². The number of phenolic OH excluding ortho intramolecular Hbond substituents is 1. The fourth-order valence-corrected chi connectivity index (χ4v) is 2.26. The Morgan fingerprint density at radius 2 is 1.95 bits per heavy atom. The number of anilines is 1. The van der Waals surface area contributed by atoms with E-state index in [1.165, 1.54) is 0 Å². The highest BCUT2D eigenvalue weighted by atomic mass is 32.1. The highest BCUT2D eigenvalue weighted by Gasteiger charge is 2.02. The summed E-state index contributed by atoms with van der Waals surface area (Å²) in [5.41, 5.74) is 1.16. The Morgan fingerprint density at radius 3 is 2.38 bits per heavy atom. The molecule has 0 amide bonds. The van der Waals surface area contributed by atoms with Crippen LogP contribution < -0.4 is 10.2 Å². The molecule has 0 unspecified atom stereocenters. The molecule has 0 radical (unpaired) electrons. The van der Waals surface area contributed by atoms with E-state index in [9.17, 15) is 5.11 Å². The third-order valence-electron chi connectivity index (χ3n) is 2.96. The standard InChI is InChI=1S/C12H20N2O.C4H5NS/c1-3-13-9-10-14(4-2)11-5-7-12(15)8-6-11;1-4-5-2-3-6-4/h5-8,13,15H,3-4,9-10H2,1-2H3;2-3H,1H3. The van der Waals surface area contributed by atoms with Crippen LogP contribution in [0.25, 0.3) is 0 Å². The molecule has 116 valence electrons. The van der Waals surface area contributed by atoms with Crippen molar-refractivity contribution in [3.63, 3.8) is 0 Å². The number of likely N-dealkylation sites (N-methyl/N-ethyl adjacent to an activating group) is 2. The summed E-state index contributed by atoms with van der Waals surface area (Å²) in [5, 5.41) is 15.6. The summed E-state index contributed by atoms with van der Waals surface area (Å²) >= 11 is 1.67. The average Bonchev–Trinajstić information content (AvgIpc) is 2.97. The van der Waals surface area contributed by atoms with Crippen LogP contribution >= 0.6 is 11.3 Å². The number of nitrogens with zero attached hydrogens (tertiary/aromatic N) is 2. The summed E-state index contributed by atoms with van der Waals surface area (Å²) in [7, 11) is 0. The van der Waals surface area contributed by atoms with E-state index in [0.29, 0.717) is 5.75 Å². The van der Waals surface area contributed by atoms with Crippen molar-refractivity contribution in [2.45, 2.75) is 20.8 Å². The predicted molar refractivity (Wildman–Crippen MR) is 91.4 cm³/mol. The van der Waals surface area contributed by atoms with Crippen LogP contribution in [0.1, 0.15) is 18.9 Å². The van der Waals surface area contributed by atoms with Crippen molar-refractivity contribution in [3.8, 4) is 5.75 Å². The molecule has 5 heteroatoms. The van der Waals surface area contributed by atoms with Crippen molar-refractivity contribution in [3.05, 3.63) is 40.8 Å². The number of aryl methyl sites for hydroxylation is 1. The van der Waals surface area contributed by atoms with Crippen molar-refractivity contribution in [2.75, 3.05) is 31.1 Å². The minimum atomic E-state index is 0.321. The van der Waals surface area contributed by atoms with Gasteiger partial charge in [-0.05, 0) is 44.7 Å². The Hall–Kier alpha value is -1.59. The summed E-state index contributed by atoms with van der Waals surface area (Å²) in [4.78, 5) is 6.22. The number of aromatic nitrogens is 1. The molecule has 0 fully saturated rings. The molecule has 0 saturated heterocycles. The van der Waals surface area contributed by atoms with E-state index in [2.05, 4.69) is 29.0 Å². The van der Waals surface area contributed by atoms with Gasteiger partial charge < -0.3 is 15.3 Å². The Bertz CT molecular complexity index is 471. The second-order valence-electron chi connectivity index (χ2n) is 4.50. The third kappa shape index (κ3) is 7.11. The molecule has 21 heavy (non-hydrogen) atoms. The molecule has 0 saturated carbocycles. The highest BCUT2D eigenvalue weighted by molar-refractivity contribution is 7.09. The normalized spacial score (nSPS) is 9.86. The number of aromatic hydroxyl groups is 1. The maximum absolute atomic E-state index is 9.19. The second kappa shape index (κ2) is 10.2. The second-order valence-corrected chi connectivity index (χ2v) is 5.60. The molecule has 2 aromatic rings. The molecule has 4 nitrogen and oxygen atoms in total. The smallest absolute Gasteiger partial charge is 0.115 e. The van der Waals surface area contributed by atoms with Crippen molar-refractivity contribution in [1.29, 1.82) is 0 Å². The number of nitrogens with one attached hydrogen (secondary N) is 1. The van der Waals surface area contributed by atoms with E-state index in [1.54, 1.807) is 29.7 Å². The van der Waals surface area contributed by atoms with Gasteiger partial charge in [0.05, 0.1) is 5.01 Å². The molecule has 0 spiro atoms. The molecule has 0 bridgehead atoms. The van der Waals surface area contributed by atoms with Crippen LogP contribution in [0.15, 0.2) is 35.8 Å². The van der Waals surface area contributed by atoms with Gasteiger partial charge in [0.15, 0.2) is 0 Å². The molecule has 1 aromatic heterocycles. The number of hydrogen-bond acceptors (Lipinski definition) is 5. The van der Waals surface area contributed by atoms with Crippen LogP contribution in [-0.2, 0) is 0 Å². The monoisotopic (exact) mass is 307 g/mol. The van der Waals surface area contributed by atoms with Gasteiger partial charge in [0, 0.05) is 36.9 Å². The SMILES string of the molecule is CCNCCN(CC)c1ccc(O)cc1.Cc1nccs1. The molecule has 0 aliphatic heterocycles. The Morgan fingerprint density at radius 1 is 1.24 bits per heavy atom. The van der Waals surface area contributed by atoms with Gasteiger partial charge in [-0.25, -0.2) is 0 Å². The molecule has 2 N–H and O–H groups in total. The van der Waals surface area contributed by atoms with Gasteiger partial charge in [0.25, 0.3) is 0 Å². The predicted octanol–water partition coefficient (Wildman–Crippen LogP) is 3.28. The van der Waals surface area contributed by atoms with E-state index in [4.69, 9.17) is 0 Å². The minimum Gasteiger partial charge on any atom is -0.508 e. The van der Waals surface area contributed by atoms with Crippen molar-refractivity contribution < 1.29 is 5.11 Å². The fourth-order valence-electron chi connectivity index (χ4n) is 1.82. The molecule has 0 atom stereocenters. The molecule has 2 rings (SSSR count). The van der Waals surface area contributed by atoms with Crippen molar-refractivity contribution in [2.24, 2.45) is 0 Å².